The van der Waals surface area contributed by atoms with Crippen LogP contribution in [0.2, 0.25) is 0 Å². The lowest BCUT2D eigenvalue weighted by molar-refractivity contribution is 0.0277. The Hall–Kier alpha value is -0.120. The molecule has 0 aromatic heterocycles. The number of likely N-dealkylation sites (tertiary alicyclic amines) is 1. The summed E-state index contributed by atoms with van der Waals surface area (Å²) in [5.74, 6) is 0. The number of aliphatic hydroxyl groups excluding tert-OH is 1. The molecular weight excluding hydrogens is 166 g/mol. The van der Waals surface area contributed by atoms with Gasteiger partial charge in [-0.3, -0.25) is 4.90 Å². The van der Waals surface area contributed by atoms with Crippen molar-refractivity contribution < 1.29 is 9.84 Å². The summed E-state index contributed by atoms with van der Waals surface area (Å²) in [6.07, 6.45) is 2.27. The fraction of sp³-hybridized carbons (Fsp3) is 1.00. The third-order valence-corrected chi connectivity index (χ3v) is 2.34. The Bertz CT molecular complexity index is 139. The minimum atomic E-state index is -0.118. The third-order valence-electron chi connectivity index (χ3n) is 2.34. The molecule has 1 atom stereocenters. The van der Waals surface area contributed by atoms with E-state index < -0.39 is 0 Å². The van der Waals surface area contributed by atoms with Gasteiger partial charge < -0.3 is 9.84 Å². The highest BCUT2D eigenvalue weighted by atomic mass is 16.5. The lowest BCUT2D eigenvalue weighted by Crippen LogP contribution is -2.40. The van der Waals surface area contributed by atoms with Crippen LogP contribution in [-0.4, -0.2) is 48.5 Å². The van der Waals surface area contributed by atoms with Gasteiger partial charge >= 0.3 is 0 Å². The molecule has 3 heteroatoms. The van der Waals surface area contributed by atoms with Gasteiger partial charge in [-0.2, -0.15) is 0 Å². The monoisotopic (exact) mass is 187 g/mol. The smallest absolute Gasteiger partial charge is 0.0667 e. The second-order valence-electron chi connectivity index (χ2n) is 4.02. The van der Waals surface area contributed by atoms with Crippen LogP contribution in [0.15, 0.2) is 0 Å². The highest BCUT2D eigenvalue weighted by molar-refractivity contribution is 4.71. The van der Waals surface area contributed by atoms with Crippen molar-refractivity contribution in [2.45, 2.75) is 38.9 Å². The lowest BCUT2D eigenvalue weighted by Gasteiger charge is -2.29. The van der Waals surface area contributed by atoms with Gasteiger partial charge in [0.05, 0.1) is 18.8 Å². The summed E-state index contributed by atoms with van der Waals surface area (Å²) in [6.45, 7) is 7.76. The Morgan fingerprint density at radius 1 is 1.54 bits per heavy atom. The number of hydrogen-bond acceptors (Lipinski definition) is 3. The van der Waals surface area contributed by atoms with E-state index in [4.69, 9.17) is 4.74 Å². The number of ether oxygens (including phenoxy) is 1. The van der Waals surface area contributed by atoms with Crippen LogP contribution in [0, 0.1) is 0 Å². The highest BCUT2D eigenvalue weighted by Crippen LogP contribution is 2.08. The maximum atomic E-state index is 9.41. The van der Waals surface area contributed by atoms with E-state index in [1.807, 2.05) is 13.8 Å². The number of piperidine rings is 1. The molecule has 1 heterocycles. The van der Waals surface area contributed by atoms with Crippen LogP contribution < -0.4 is 0 Å². The molecular formula is C10H21NO2. The number of aliphatic hydroxyl groups is 1. The number of β-amino-alcohol motifs (C(OH)–C–C–N with tert-alkyl or cyclic N) is 1. The molecule has 1 aliphatic rings. The molecule has 0 saturated carbocycles. The summed E-state index contributed by atoms with van der Waals surface area (Å²) >= 11 is 0. The Morgan fingerprint density at radius 3 is 2.92 bits per heavy atom. The molecule has 0 aromatic carbocycles. The van der Waals surface area contributed by atoms with Crippen LogP contribution in [-0.2, 0) is 4.74 Å². The molecule has 0 aliphatic carbocycles. The summed E-state index contributed by atoms with van der Waals surface area (Å²) in [6, 6.07) is 0. The topological polar surface area (TPSA) is 32.7 Å². The number of hydrogen-bond donors (Lipinski definition) is 1. The summed E-state index contributed by atoms with van der Waals surface area (Å²) in [5, 5.41) is 9.41. The highest BCUT2D eigenvalue weighted by Gasteiger charge is 2.16. The first-order valence-electron chi connectivity index (χ1n) is 5.20. The minimum Gasteiger partial charge on any atom is -0.392 e. The maximum Gasteiger partial charge on any atom is 0.0667 e. The zero-order valence-electron chi connectivity index (χ0n) is 8.70. The molecule has 1 fully saturated rings. The normalized spacial score (nSPS) is 25.4. The average Bonchev–Trinajstić information content (AvgIpc) is 2.03. The third kappa shape index (κ3) is 4.60. The van der Waals surface area contributed by atoms with Crippen molar-refractivity contribution in [2.24, 2.45) is 0 Å². The Labute approximate surface area is 80.7 Å². The van der Waals surface area contributed by atoms with E-state index in [1.54, 1.807) is 0 Å². The maximum absolute atomic E-state index is 9.41. The van der Waals surface area contributed by atoms with Gasteiger partial charge in [0.1, 0.15) is 0 Å². The van der Waals surface area contributed by atoms with Gasteiger partial charge in [0.2, 0.25) is 0 Å². The minimum absolute atomic E-state index is 0.118. The van der Waals surface area contributed by atoms with Crippen LogP contribution in [0.1, 0.15) is 26.7 Å². The van der Waals surface area contributed by atoms with Crippen molar-refractivity contribution in [1.29, 1.82) is 0 Å². The van der Waals surface area contributed by atoms with Gasteiger partial charge in [-0.05, 0) is 33.2 Å². The predicted molar refractivity (Wildman–Crippen MR) is 52.8 cm³/mol. The van der Waals surface area contributed by atoms with Crippen LogP contribution >= 0.6 is 0 Å². The van der Waals surface area contributed by atoms with E-state index in [0.29, 0.717) is 6.10 Å². The van der Waals surface area contributed by atoms with Crippen LogP contribution in [0.5, 0.6) is 0 Å². The molecule has 0 bridgehead atoms. The zero-order valence-corrected chi connectivity index (χ0v) is 8.70. The predicted octanol–water partition coefficient (Wildman–Crippen LogP) is 0.868. The number of nitrogens with zero attached hydrogens (tertiary/aromatic N) is 1. The molecule has 1 rings (SSSR count). The molecule has 0 aromatic rings. The molecule has 0 unspecified atom stereocenters. The Balaban J connectivity index is 2.06. The van der Waals surface area contributed by atoms with Crippen molar-refractivity contribution in [3.63, 3.8) is 0 Å². The molecule has 1 N–H and O–H groups in total. The van der Waals surface area contributed by atoms with Crippen molar-refractivity contribution in [1.82, 2.24) is 4.90 Å². The van der Waals surface area contributed by atoms with Gasteiger partial charge in [0.15, 0.2) is 0 Å². The van der Waals surface area contributed by atoms with Gasteiger partial charge in [-0.15, -0.1) is 0 Å². The second-order valence-corrected chi connectivity index (χ2v) is 4.02. The average molecular weight is 187 g/mol. The lowest BCUT2D eigenvalue weighted by atomic mass is 10.1. The SMILES string of the molecule is CC(C)OCCN1CCC[C@H](O)C1. The van der Waals surface area contributed by atoms with Crippen LogP contribution in [0.4, 0.5) is 0 Å². The Kier molecular flexibility index (Phi) is 4.70. The molecule has 0 radical (unpaired) electrons. The van der Waals surface area contributed by atoms with E-state index >= 15 is 0 Å². The fourth-order valence-electron chi connectivity index (χ4n) is 1.65. The first-order valence-corrected chi connectivity index (χ1v) is 5.20. The van der Waals surface area contributed by atoms with Gasteiger partial charge in [-0.1, -0.05) is 0 Å². The first kappa shape index (κ1) is 11.0. The van der Waals surface area contributed by atoms with E-state index in [0.717, 1.165) is 39.1 Å². The molecule has 78 valence electrons. The van der Waals surface area contributed by atoms with E-state index in [2.05, 4.69) is 4.90 Å². The molecule has 13 heavy (non-hydrogen) atoms. The standard InChI is InChI=1S/C10H21NO2/c1-9(2)13-7-6-11-5-3-4-10(12)8-11/h9-10,12H,3-8H2,1-2H3/t10-/m0/s1. The van der Waals surface area contributed by atoms with Crippen molar-refractivity contribution in [3.05, 3.63) is 0 Å². The van der Waals surface area contributed by atoms with Crippen LogP contribution in [0.25, 0.3) is 0 Å². The largest absolute Gasteiger partial charge is 0.392 e. The van der Waals surface area contributed by atoms with Gasteiger partial charge in [-0.25, -0.2) is 0 Å². The molecule has 1 saturated heterocycles. The summed E-state index contributed by atoms with van der Waals surface area (Å²) in [4.78, 5) is 2.27. The quantitative estimate of drug-likeness (QED) is 0.709. The van der Waals surface area contributed by atoms with Crippen molar-refractivity contribution in [3.8, 4) is 0 Å². The first-order chi connectivity index (χ1) is 6.18. The molecule has 3 nitrogen and oxygen atoms in total. The molecule has 1 aliphatic heterocycles. The van der Waals surface area contributed by atoms with E-state index in [-0.39, 0.29) is 6.10 Å². The van der Waals surface area contributed by atoms with E-state index in [1.165, 1.54) is 0 Å². The fourth-order valence-corrected chi connectivity index (χ4v) is 1.65. The second kappa shape index (κ2) is 5.58. The molecule has 0 spiro atoms. The van der Waals surface area contributed by atoms with Crippen LogP contribution in [0.3, 0.4) is 0 Å². The summed E-state index contributed by atoms with van der Waals surface area (Å²) < 4.78 is 5.46. The number of rotatable bonds is 4. The van der Waals surface area contributed by atoms with Crippen molar-refractivity contribution >= 4 is 0 Å². The van der Waals surface area contributed by atoms with Crippen molar-refractivity contribution in [2.75, 3.05) is 26.2 Å². The molecule has 0 amide bonds. The van der Waals surface area contributed by atoms with Gasteiger partial charge in [0, 0.05) is 13.1 Å². The summed E-state index contributed by atoms with van der Waals surface area (Å²) in [5.41, 5.74) is 0. The Morgan fingerprint density at radius 2 is 2.31 bits per heavy atom. The zero-order chi connectivity index (χ0) is 9.68. The van der Waals surface area contributed by atoms with E-state index in [9.17, 15) is 5.11 Å². The summed E-state index contributed by atoms with van der Waals surface area (Å²) in [7, 11) is 0. The van der Waals surface area contributed by atoms with Gasteiger partial charge in [0.25, 0.3) is 0 Å².